The van der Waals surface area contributed by atoms with Gasteiger partial charge in [0.05, 0.1) is 12.1 Å². The summed E-state index contributed by atoms with van der Waals surface area (Å²) in [6.45, 7) is 0. The first-order valence-electron chi connectivity index (χ1n) is 2.86. The monoisotopic (exact) mass is 171 g/mol. The van der Waals surface area contributed by atoms with Crippen molar-refractivity contribution in [3.8, 4) is 0 Å². The minimum absolute atomic E-state index is 0.351. The first-order valence-corrected chi connectivity index (χ1v) is 3.59. The van der Waals surface area contributed by atoms with Crippen molar-refractivity contribution >= 4 is 23.8 Å². The molecule has 0 radical (unpaired) electrons. The maximum Gasteiger partial charge on any atom is 0.215 e. The molecule has 0 unspecified atom stereocenters. The Morgan fingerprint density at radius 1 is 1.55 bits per heavy atom. The van der Waals surface area contributed by atoms with Gasteiger partial charge >= 0.3 is 0 Å². The second-order valence-electron chi connectivity index (χ2n) is 1.99. The molecule has 58 valence electrons. The van der Waals surface area contributed by atoms with Gasteiger partial charge in [-0.1, -0.05) is 0 Å². The van der Waals surface area contributed by atoms with Crippen molar-refractivity contribution in [1.29, 1.82) is 0 Å². The molecule has 6 nitrogen and oxygen atoms in total. The van der Waals surface area contributed by atoms with Gasteiger partial charge in [0.25, 0.3) is 0 Å². The molecule has 0 aromatic carbocycles. The third-order valence-corrected chi connectivity index (χ3v) is 1.97. The molecule has 0 atom stereocenters. The van der Waals surface area contributed by atoms with E-state index in [0.29, 0.717) is 17.3 Å². The number of amidine groups is 1. The maximum atomic E-state index is 5.49. The van der Waals surface area contributed by atoms with Gasteiger partial charge in [-0.3, -0.25) is 4.31 Å². The highest BCUT2D eigenvalue weighted by molar-refractivity contribution is 7.99. The topological polar surface area (TPSA) is 80.5 Å². The third kappa shape index (κ3) is 0.845. The second-order valence-corrected chi connectivity index (χ2v) is 2.89. The molecule has 2 rings (SSSR count). The molecule has 11 heavy (non-hydrogen) atoms. The van der Waals surface area contributed by atoms with E-state index in [2.05, 4.69) is 19.3 Å². The highest BCUT2D eigenvalue weighted by Gasteiger charge is 2.22. The van der Waals surface area contributed by atoms with Gasteiger partial charge in [0.2, 0.25) is 5.82 Å². The van der Waals surface area contributed by atoms with Gasteiger partial charge in [-0.2, -0.15) is 4.40 Å². The van der Waals surface area contributed by atoms with Crippen molar-refractivity contribution in [1.82, 2.24) is 10.3 Å². The van der Waals surface area contributed by atoms with E-state index < -0.39 is 0 Å². The average molecular weight is 171 g/mol. The normalized spacial score (nSPS) is 16.1. The molecule has 0 saturated heterocycles. The molecule has 0 bridgehead atoms. The van der Waals surface area contributed by atoms with Crippen LogP contribution in [-0.2, 0) is 0 Å². The molecule has 1 aliphatic rings. The standard InChI is InChI=1S/C4H5N5OS/c1-9-4-2(6-10-7-4)3(5)8-11-9/h1H3,(H2,5,8). The molecule has 1 aromatic heterocycles. The van der Waals surface area contributed by atoms with Crippen LogP contribution in [-0.4, -0.2) is 23.2 Å². The van der Waals surface area contributed by atoms with Crippen LogP contribution in [0.5, 0.6) is 0 Å². The highest BCUT2D eigenvalue weighted by atomic mass is 32.2. The Bertz CT molecular complexity index is 307. The number of aromatic nitrogens is 2. The quantitative estimate of drug-likeness (QED) is 0.544. The van der Waals surface area contributed by atoms with E-state index >= 15 is 0 Å². The summed E-state index contributed by atoms with van der Waals surface area (Å²) in [6, 6.07) is 0. The van der Waals surface area contributed by atoms with E-state index in [4.69, 9.17) is 5.73 Å². The van der Waals surface area contributed by atoms with Gasteiger partial charge in [0.15, 0.2) is 11.5 Å². The van der Waals surface area contributed by atoms with Crippen LogP contribution < -0.4 is 10.0 Å². The van der Waals surface area contributed by atoms with Crippen LogP contribution in [0.2, 0.25) is 0 Å². The third-order valence-electron chi connectivity index (χ3n) is 1.27. The SMILES string of the molecule is CN1SN=C(N)c2nonc21. The molecule has 1 aliphatic heterocycles. The summed E-state index contributed by atoms with van der Waals surface area (Å²) < 4.78 is 10.1. The molecule has 0 aliphatic carbocycles. The van der Waals surface area contributed by atoms with Crippen molar-refractivity contribution in [2.45, 2.75) is 0 Å². The predicted molar refractivity (Wildman–Crippen MR) is 41.0 cm³/mol. The molecule has 0 amide bonds. The van der Waals surface area contributed by atoms with Gasteiger partial charge in [-0.05, 0) is 10.3 Å². The Morgan fingerprint density at radius 3 is 3.09 bits per heavy atom. The summed E-state index contributed by atoms with van der Waals surface area (Å²) in [5.41, 5.74) is 6.00. The Morgan fingerprint density at radius 2 is 2.36 bits per heavy atom. The van der Waals surface area contributed by atoms with Gasteiger partial charge in [0, 0.05) is 7.05 Å². The van der Waals surface area contributed by atoms with E-state index in [1.165, 1.54) is 12.1 Å². The minimum atomic E-state index is 0.351. The number of fused-ring (bicyclic) bond motifs is 1. The van der Waals surface area contributed by atoms with E-state index in [-0.39, 0.29) is 0 Å². The number of hydrogen-bond donors (Lipinski definition) is 1. The van der Waals surface area contributed by atoms with Gasteiger partial charge in [-0.25, -0.2) is 4.63 Å². The Balaban J connectivity index is 2.55. The number of anilines is 1. The molecular weight excluding hydrogens is 166 g/mol. The maximum absolute atomic E-state index is 5.49. The van der Waals surface area contributed by atoms with E-state index in [1.807, 2.05) is 7.05 Å². The zero-order valence-electron chi connectivity index (χ0n) is 5.68. The number of nitrogens with two attached hydrogens (primary N) is 1. The molecule has 2 heterocycles. The fraction of sp³-hybridized carbons (Fsp3) is 0.250. The predicted octanol–water partition coefficient (Wildman–Crippen LogP) is -0.212. The second kappa shape index (κ2) is 2.12. The lowest BCUT2D eigenvalue weighted by Gasteiger charge is -2.14. The van der Waals surface area contributed by atoms with Crippen LogP contribution >= 0.6 is 12.1 Å². The molecule has 7 heteroatoms. The summed E-state index contributed by atoms with van der Waals surface area (Å²) in [7, 11) is 1.81. The lowest BCUT2D eigenvalue weighted by atomic mass is 10.4. The average Bonchev–Trinajstić information content (AvgIpc) is 2.45. The first kappa shape index (κ1) is 6.47. The number of rotatable bonds is 0. The minimum Gasteiger partial charge on any atom is -0.381 e. The Labute approximate surface area is 66.7 Å². The van der Waals surface area contributed by atoms with Crippen LogP contribution in [0.15, 0.2) is 9.03 Å². The Kier molecular flexibility index (Phi) is 1.25. The molecule has 0 saturated carbocycles. The van der Waals surface area contributed by atoms with Crippen molar-refractivity contribution in [3.63, 3.8) is 0 Å². The van der Waals surface area contributed by atoms with Crippen LogP contribution in [0, 0.1) is 0 Å². The van der Waals surface area contributed by atoms with E-state index in [9.17, 15) is 0 Å². The summed E-state index contributed by atoms with van der Waals surface area (Å²) in [5.74, 6) is 0.965. The lowest BCUT2D eigenvalue weighted by Crippen LogP contribution is -2.22. The lowest BCUT2D eigenvalue weighted by molar-refractivity contribution is 0.307. The number of nitrogens with zero attached hydrogens (tertiary/aromatic N) is 4. The zero-order valence-corrected chi connectivity index (χ0v) is 6.50. The van der Waals surface area contributed by atoms with Gasteiger partial charge in [0.1, 0.15) is 0 Å². The van der Waals surface area contributed by atoms with Crippen LogP contribution in [0.4, 0.5) is 5.82 Å². The molecular formula is C4H5N5OS. The summed E-state index contributed by atoms with van der Waals surface area (Å²) >= 11 is 1.21. The van der Waals surface area contributed by atoms with Crippen molar-refractivity contribution in [2.24, 2.45) is 10.1 Å². The van der Waals surface area contributed by atoms with Crippen molar-refractivity contribution in [3.05, 3.63) is 5.69 Å². The smallest absolute Gasteiger partial charge is 0.215 e. The summed E-state index contributed by atoms with van der Waals surface area (Å²) in [6.07, 6.45) is 0. The Hall–Kier alpha value is -1.24. The zero-order chi connectivity index (χ0) is 7.84. The molecule has 0 spiro atoms. The fourth-order valence-corrected chi connectivity index (χ4v) is 1.23. The fourth-order valence-electron chi connectivity index (χ4n) is 0.739. The van der Waals surface area contributed by atoms with Crippen molar-refractivity contribution < 1.29 is 4.63 Å². The summed E-state index contributed by atoms with van der Waals surface area (Å²) in [5, 5.41) is 7.24. The molecule has 1 aromatic rings. The van der Waals surface area contributed by atoms with E-state index in [0.717, 1.165) is 0 Å². The molecule has 2 N–H and O–H groups in total. The number of hydrogen-bond acceptors (Lipinski definition) is 7. The highest BCUT2D eigenvalue weighted by Crippen LogP contribution is 2.26. The van der Waals surface area contributed by atoms with Crippen molar-refractivity contribution in [2.75, 3.05) is 11.4 Å². The summed E-state index contributed by atoms with van der Waals surface area (Å²) in [4.78, 5) is 0. The van der Waals surface area contributed by atoms with Crippen LogP contribution in [0.1, 0.15) is 5.69 Å². The van der Waals surface area contributed by atoms with Gasteiger partial charge < -0.3 is 5.73 Å². The largest absolute Gasteiger partial charge is 0.381 e. The van der Waals surface area contributed by atoms with Crippen LogP contribution in [0.3, 0.4) is 0 Å². The van der Waals surface area contributed by atoms with E-state index in [1.54, 1.807) is 4.31 Å². The first-order chi connectivity index (χ1) is 5.29. The molecule has 0 fully saturated rings. The van der Waals surface area contributed by atoms with Gasteiger partial charge in [-0.15, -0.1) is 0 Å². The van der Waals surface area contributed by atoms with Crippen LogP contribution in [0.25, 0.3) is 0 Å².